The minimum Gasteiger partial charge on any atom is -0.0776 e. The first-order valence-electron chi connectivity index (χ1n) is 4.64. The maximum absolute atomic E-state index is 2.21. The van der Waals surface area contributed by atoms with Gasteiger partial charge in [0.25, 0.3) is 0 Å². The molecular formula is C13H22I2. The van der Waals surface area contributed by atoms with Crippen LogP contribution >= 0.6 is 37.2 Å². The molecule has 88 valence electrons. The Morgan fingerprint density at radius 1 is 0.467 bits per heavy atom. The molecule has 15 heavy (non-hydrogen) atoms. The van der Waals surface area contributed by atoms with Crippen molar-refractivity contribution in [2.45, 2.75) is 49.0 Å². The SMILES string of the molecule is C.Cc1c(C)c(C)c(C)c(C)c1C.II. The Labute approximate surface area is 119 Å². The fourth-order valence-electron chi connectivity index (χ4n) is 1.69. The molecular weight excluding hydrogens is 410 g/mol. The largest absolute Gasteiger partial charge is 0.0776 e. The fourth-order valence-corrected chi connectivity index (χ4v) is 1.69. The van der Waals surface area contributed by atoms with E-state index in [0.717, 1.165) is 0 Å². The third-order valence-electron chi connectivity index (χ3n) is 3.38. The lowest BCUT2D eigenvalue weighted by Gasteiger charge is -2.15. The highest BCUT2D eigenvalue weighted by molar-refractivity contribution is 15.0. The summed E-state index contributed by atoms with van der Waals surface area (Å²) in [6.45, 7) is 13.3. The smallest absolute Gasteiger partial charge is 0 e. The molecule has 0 spiro atoms. The first-order valence-corrected chi connectivity index (χ1v) is 10.9. The minimum absolute atomic E-state index is 0. The summed E-state index contributed by atoms with van der Waals surface area (Å²) in [7, 11) is 0. The summed E-state index contributed by atoms with van der Waals surface area (Å²) in [4.78, 5) is 0. The van der Waals surface area contributed by atoms with Crippen molar-refractivity contribution in [2.24, 2.45) is 0 Å². The maximum Gasteiger partial charge on any atom is 0 e. The van der Waals surface area contributed by atoms with Crippen LogP contribution in [0.3, 0.4) is 0 Å². The predicted octanol–water partition coefficient (Wildman–Crippen LogP) is 5.94. The molecule has 1 aromatic carbocycles. The van der Waals surface area contributed by atoms with E-state index in [4.69, 9.17) is 0 Å². The predicted molar refractivity (Wildman–Crippen MR) is 89.6 cm³/mol. The van der Waals surface area contributed by atoms with Gasteiger partial charge in [-0.2, -0.15) is 0 Å². The van der Waals surface area contributed by atoms with Crippen molar-refractivity contribution < 1.29 is 0 Å². The third-order valence-corrected chi connectivity index (χ3v) is 3.38. The van der Waals surface area contributed by atoms with Crippen molar-refractivity contribution in [3.63, 3.8) is 0 Å². The maximum atomic E-state index is 2.21. The van der Waals surface area contributed by atoms with E-state index >= 15 is 0 Å². The van der Waals surface area contributed by atoms with Gasteiger partial charge in [0.2, 0.25) is 0 Å². The summed E-state index contributed by atoms with van der Waals surface area (Å²) in [5.41, 5.74) is 8.73. The average molecular weight is 432 g/mol. The highest BCUT2D eigenvalue weighted by atomic mass is 128. The van der Waals surface area contributed by atoms with Crippen LogP contribution in [0.5, 0.6) is 0 Å². The number of benzene rings is 1. The van der Waals surface area contributed by atoms with Gasteiger partial charge in [-0.1, -0.05) is 7.43 Å². The molecule has 2 heteroatoms. The summed E-state index contributed by atoms with van der Waals surface area (Å²) < 4.78 is 0. The van der Waals surface area contributed by atoms with Crippen molar-refractivity contribution in [3.8, 4) is 0 Å². The zero-order valence-electron chi connectivity index (χ0n) is 9.76. The molecule has 0 bridgehead atoms. The first-order chi connectivity index (χ1) is 6.46. The van der Waals surface area contributed by atoms with Crippen molar-refractivity contribution in [3.05, 3.63) is 33.4 Å². The molecule has 0 heterocycles. The van der Waals surface area contributed by atoms with Crippen molar-refractivity contribution in [1.82, 2.24) is 0 Å². The van der Waals surface area contributed by atoms with Crippen LogP contribution in [0.2, 0.25) is 0 Å². The van der Waals surface area contributed by atoms with E-state index in [1.165, 1.54) is 33.4 Å². The molecule has 0 aliphatic heterocycles. The van der Waals surface area contributed by atoms with Crippen LogP contribution in [-0.2, 0) is 0 Å². The fraction of sp³-hybridized carbons (Fsp3) is 0.538. The van der Waals surface area contributed by atoms with E-state index in [0.29, 0.717) is 0 Å². The van der Waals surface area contributed by atoms with Crippen LogP contribution in [0.4, 0.5) is 0 Å². The van der Waals surface area contributed by atoms with Crippen molar-refractivity contribution >= 4 is 37.2 Å². The molecule has 1 aromatic rings. The topological polar surface area (TPSA) is 0 Å². The number of halogens is 2. The van der Waals surface area contributed by atoms with E-state index in [1.807, 2.05) is 0 Å². The molecule has 0 aliphatic carbocycles. The molecule has 0 amide bonds. The standard InChI is InChI=1S/C12H18.CH4.I2/c1-7-8(2)10(4)12(6)11(5)9(7)3;;1-2/h1-6H3;1H4;. The number of rotatable bonds is 0. The summed E-state index contributed by atoms with van der Waals surface area (Å²) >= 11 is 4.24. The first kappa shape index (κ1) is 18.1. The van der Waals surface area contributed by atoms with Gasteiger partial charge in [0.1, 0.15) is 0 Å². The molecule has 1 rings (SSSR count). The normalized spacial score (nSPS) is 8.80. The Balaban J connectivity index is 0. The molecule has 0 radical (unpaired) electrons. The van der Waals surface area contributed by atoms with E-state index in [9.17, 15) is 0 Å². The molecule has 0 saturated carbocycles. The molecule has 0 atom stereocenters. The Morgan fingerprint density at radius 3 is 0.600 bits per heavy atom. The van der Waals surface area contributed by atoms with E-state index in [-0.39, 0.29) is 7.43 Å². The lowest BCUT2D eigenvalue weighted by atomic mass is 9.90. The van der Waals surface area contributed by atoms with Crippen LogP contribution in [0.1, 0.15) is 40.8 Å². The highest BCUT2D eigenvalue weighted by Crippen LogP contribution is 2.24. The van der Waals surface area contributed by atoms with Crippen LogP contribution < -0.4 is 0 Å². The van der Waals surface area contributed by atoms with Gasteiger partial charge in [-0.15, -0.1) is 0 Å². The second kappa shape index (κ2) is 7.87. The summed E-state index contributed by atoms with van der Waals surface area (Å²) in [5, 5.41) is 0. The second-order valence-electron chi connectivity index (χ2n) is 3.75. The van der Waals surface area contributed by atoms with Crippen molar-refractivity contribution in [1.29, 1.82) is 0 Å². The Morgan fingerprint density at radius 2 is 0.533 bits per heavy atom. The molecule has 0 N–H and O–H groups in total. The average Bonchev–Trinajstić information content (AvgIpc) is 2.24. The van der Waals surface area contributed by atoms with Gasteiger partial charge in [0.05, 0.1) is 0 Å². The lowest BCUT2D eigenvalue weighted by Crippen LogP contribution is -1.98. The van der Waals surface area contributed by atoms with Crippen LogP contribution in [0.25, 0.3) is 0 Å². The minimum atomic E-state index is 0. The lowest BCUT2D eigenvalue weighted by molar-refractivity contribution is 1.13. The highest BCUT2D eigenvalue weighted by Gasteiger charge is 2.07. The van der Waals surface area contributed by atoms with Crippen LogP contribution in [-0.4, -0.2) is 0 Å². The van der Waals surface area contributed by atoms with Gasteiger partial charge in [-0.05, 0) is 74.9 Å². The molecule has 0 nitrogen and oxygen atoms in total. The van der Waals surface area contributed by atoms with Crippen LogP contribution in [0.15, 0.2) is 0 Å². The Bertz CT molecular complexity index is 223. The summed E-state index contributed by atoms with van der Waals surface area (Å²) in [6, 6.07) is 0. The zero-order chi connectivity index (χ0) is 11.5. The second-order valence-corrected chi connectivity index (χ2v) is 3.75. The van der Waals surface area contributed by atoms with E-state index in [2.05, 4.69) is 78.8 Å². The Hall–Kier alpha value is 0.680. The molecule has 0 aromatic heterocycles. The quantitative estimate of drug-likeness (QED) is 0.445. The van der Waals surface area contributed by atoms with Gasteiger partial charge in [-0.25, -0.2) is 0 Å². The van der Waals surface area contributed by atoms with Crippen LogP contribution in [0, 0.1) is 41.5 Å². The van der Waals surface area contributed by atoms with Gasteiger partial charge in [0, 0.05) is 37.2 Å². The Kier molecular flexibility index (Phi) is 9.48. The summed E-state index contributed by atoms with van der Waals surface area (Å²) in [6.07, 6.45) is 0. The molecule has 0 aliphatic rings. The van der Waals surface area contributed by atoms with Gasteiger partial charge in [-0.3, -0.25) is 0 Å². The van der Waals surface area contributed by atoms with Gasteiger partial charge >= 0.3 is 0 Å². The molecule has 0 saturated heterocycles. The van der Waals surface area contributed by atoms with Gasteiger partial charge < -0.3 is 0 Å². The third kappa shape index (κ3) is 3.88. The van der Waals surface area contributed by atoms with E-state index in [1.54, 1.807) is 0 Å². The summed E-state index contributed by atoms with van der Waals surface area (Å²) in [5.74, 6) is 0. The van der Waals surface area contributed by atoms with Crippen molar-refractivity contribution in [2.75, 3.05) is 0 Å². The van der Waals surface area contributed by atoms with E-state index < -0.39 is 0 Å². The monoisotopic (exact) mass is 432 g/mol. The molecule has 0 fully saturated rings. The zero-order valence-corrected chi connectivity index (χ0v) is 14.1. The number of hydrogen-bond donors (Lipinski definition) is 0. The van der Waals surface area contributed by atoms with Gasteiger partial charge in [0.15, 0.2) is 0 Å². The molecule has 0 unspecified atom stereocenters. The number of hydrogen-bond acceptors (Lipinski definition) is 0.